The lowest BCUT2D eigenvalue weighted by atomic mass is 9.79. The summed E-state index contributed by atoms with van der Waals surface area (Å²) in [7, 11) is 0. The number of hydrogen-bond acceptors (Lipinski definition) is 3. The molecule has 0 saturated carbocycles. The molecule has 0 bridgehead atoms. The van der Waals surface area contributed by atoms with Crippen LogP contribution in [0.4, 0.5) is 0 Å². The molecule has 4 nitrogen and oxygen atoms in total. The standard InChI is InChI=1S/C14H26N2O2/c1-3-18-12-5-4-10-16(11-12)13(17)14(2)6-8-15-9-7-14/h12,15H,3-11H2,1-2H3. The lowest BCUT2D eigenvalue weighted by molar-refractivity contribution is -0.146. The van der Waals surface area contributed by atoms with E-state index < -0.39 is 0 Å². The Bertz CT molecular complexity index is 286. The maximum atomic E-state index is 12.7. The largest absolute Gasteiger partial charge is 0.377 e. The molecule has 2 saturated heterocycles. The molecular weight excluding hydrogens is 228 g/mol. The Labute approximate surface area is 110 Å². The van der Waals surface area contributed by atoms with Crippen molar-refractivity contribution < 1.29 is 9.53 Å². The molecule has 2 heterocycles. The van der Waals surface area contributed by atoms with E-state index in [0.717, 1.165) is 58.5 Å². The maximum Gasteiger partial charge on any atom is 0.228 e. The van der Waals surface area contributed by atoms with E-state index in [0.29, 0.717) is 5.91 Å². The van der Waals surface area contributed by atoms with Crippen LogP contribution < -0.4 is 5.32 Å². The first-order valence-electron chi connectivity index (χ1n) is 7.27. The van der Waals surface area contributed by atoms with Crippen LogP contribution in [0, 0.1) is 5.41 Å². The molecule has 0 spiro atoms. The van der Waals surface area contributed by atoms with Crippen molar-refractivity contribution in [2.45, 2.75) is 45.6 Å². The van der Waals surface area contributed by atoms with Crippen molar-refractivity contribution in [3.8, 4) is 0 Å². The number of likely N-dealkylation sites (tertiary alicyclic amines) is 1. The molecule has 18 heavy (non-hydrogen) atoms. The third-order valence-electron chi connectivity index (χ3n) is 4.29. The molecular formula is C14H26N2O2. The minimum absolute atomic E-state index is 0.153. The minimum Gasteiger partial charge on any atom is -0.377 e. The van der Waals surface area contributed by atoms with Gasteiger partial charge >= 0.3 is 0 Å². The average Bonchev–Trinajstić information content (AvgIpc) is 2.39. The molecule has 2 rings (SSSR count). The van der Waals surface area contributed by atoms with Crippen molar-refractivity contribution in [2.75, 3.05) is 32.8 Å². The fourth-order valence-corrected chi connectivity index (χ4v) is 3.07. The van der Waals surface area contributed by atoms with E-state index in [1.165, 1.54) is 0 Å². The number of carbonyl (C=O) groups excluding carboxylic acids is 1. The molecule has 2 fully saturated rings. The highest BCUT2D eigenvalue weighted by Crippen LogP contribution is 2.31. The van der Waals surface area contributed by atoms with Gasteiger partial charge < -0.3 is 15.0 Å². The monoisotopic (exact) mass is 254 g/mol. The Morgan fingerprint density at radius 3 is 2.83 bits per heavy atom. The fraction of sp³-hybridized carbons (Fsp3) is 0.929. The molecule has 0 aliphatic carbocycles. The topological polar surface area (TPSA) is 41.6 Å². The Morgan fingerprint density at radius 2 is 2.17 bits per heavy atom. The number of rotatable bonds is 3. The number of nitrogens with one attached hydrogen (secondary N) is 1. The van der Waals surface area contributed by atoms with E-state index >= 15 is 0 Å². The summed E-state index contributed by atoms with van der Waals surface area (Å²) in [5.41, 5.74) is -0.153. The normalized spacial score (nSPS) is 28.1. The van der Waals surface area contributed by atoms with Crippen LogP contribution in [0.5, 0.6) is 0 Å². The maximum absolute atomic E-state index is 12.7. The molecule has 1 amide bonds. The molecule has 1 N–H and O–H groups in total. The molecule has 2 aliphatic heterocycles. The van der Waals surface area contributed by atoms with Gasteiger partial charge in [0.05, 0.1) is 6.10 Å². The summed E-state index contributed by atoms with van der Waals surface area (Å²) in [6, 6.07) is 0. The van der Waals surface area contributed by atoms with Gasteiger partial charge in [0.2, 0.25) is 5.91 Å². The van der Waals surface area contributed by atoms with Crippen molar-refractivity contribution in [1.82, 2.24) is 10.2 Å². The molecule has 1 unspecified atom stereocenters. The quantitative estimate of drug-likeness (QED) is 0.828. The summed E-state index contributed by atoms with van der Waals surface area (Å²) in [6.45, 7) is 8.51. The smallest absolute Gasteiger partial charge is 0.228 e. The van der Waals surface area contributed by atoms with Gasteiger partial charge in [0.25, 0.3) is 0 Å². The van der Waals surface area contributed by atoms with Gasteiger partial charge in [0, 0.05) is 25.1 Å². The Hall–Kier alpha value is -0.610. The zero-order chi connectivity index (χ0) is 13.0. The first kappa shape index (κ1) is 13.8. The van der Waals surface area contributed by atoms with E-state index in [9.17, 15) is 4.79 Å². The van der Waals surface area contributed by atoms with Gasteiger partial charge in [-0.15, -0.1) is 0 Å². The zero-order valence-electron chi connectivity index (χ0n) is 11.7. The van der Waals surface area contributed by atoms with Crippen LogP contribution in [-0.4, -0.2) is 49.7 Å². The molecule has 104 valence electrons. The van der Waals surface area contributed by atoms with Crippen molar-refractivity contribution in [3.63, 3.8) is 0 Å². The van der Waals surface area contributed by atoms with Gasteiger partial charge in [-0.25, -0.2) is 0 Å². The van der Waals surface area contributed by atoms with E-state index in [1.807, 2.05) is 11.8 Å². The first-order valence-corrected chi connectivity index (χ1v) is 7.27. The van der Waals surface area contributed by atoms with Crippen LogP contribution in [0.15, 0.2) is 0 Å². The van der Waals surface area contributed by atoms with Gasteiger partial charge in [-0.3, -0.25) is 4.79 Å². The summed E-state index contributed by atoms with van der Waals surface area (Å²) in [5.74, 6) is 0.341. The van der Waals surface area contributed by atoms with E-state index in [2.05, 4.69) is 12.2 Å². The molecule has 1 atom stereocenters. The van der Waals surface area contributed by atoms with Crippen LogP contribution in [0.25, 0.3) is 0 Å². The van der Waals surface area contributed by atoms with E-state index in [4.69, 9.17) is 4.74 Å². The molecule has 0 aromatic rings. The lowest BCUT2D eigenvalue weighted by Gasteiger charge is -2.40. The Kier molecular flexibility index (Phi) is 4.62. The van der Waals surface area contributed by atoms with Crippen LogP contribution in [-0.2, 0) is 9.53 Å². The van der Waals surface area contributed by atoms with Crippen LogP contribution in [0.2, 0.25) is 0 Å². The highest BCUT2D eigenvalue weighted by Gasteiger charge is 2.39. The van der Waals surface area contributed by atoms with Crippen LogP contribution in [0.3, 0.4) is 0 Å². The third kappa shape index (κ3) is 3.04. The summed E-state index contributed by atoms with van der Waals surface area (Å²) in [4.78, 5) is 14.7. The fourth-order valence-electron chi connectivity index (χ4n) is 3.07. The first-order chi connectivity index (χ1) is 8.65. The summed E-state index contributed by atoms with van der Waals surface area (Å²) in [6.07, 6.45) is 4.34. The van der Waals surface area contributed by atoms with Gasteiger partial charge in [-0.1, -0.05) is 6.92 Å². The number of ether oxygens (including phenoxy) is 1. The molecule has 4 heteroatoms. The van der Waals surface area contributed by atoms with Crippen molar-refractivity contribution in [3.05, 3.63) is 0 Å². The summed E-state index contributed by atoms with van der Waals surface area (Å²) < 4.78 is 5.68. The molecule has 2 aliphatic rings. The second kappa shape index (κ2) is 6.02. The molecule has 0 aromatic carbocycles. The van der Waals surface area contributed by atoms with Crippen LogP contribution >= 0.6 is 0 Å². The van der Waals surface area contributed by atoms with Gasteiger partial charge in [0.15, 0.2) is 0 Å². The lowest BCUT2D eigenvalue weighted by Crippen LogP contribution is -2.51. The van der Waals surface area contributed by atoms with Gasteiger partial charge in [-0.2, -0.15) is 0 Å². The number of carbonyl (C=O) groups is 1. The van der Waals surface area contributed by atoms with Gasteiger partial charge in [0.1, 0.15) is 0 Å². The van der Waals surface area contributed by atoms with Crippen molar-refractivity contribution >= 4 is 5.91 Å². The average molecular weight is 254 g/mol. The SMILES string of the molecule is CCOC1CCCN(C(=O)C2(C)CCNCC2)C1. The van der Waals surface area contributed by atoms with Crippen molar-refractivity contribution in [2.24, 2.45) is 5.41 Å². The second-order valence-electron chi connectivity index (χ2n) is 5.78. The van der Waals surface area contributed by atoms with Gasteiger partial charge in [-0.05, 0) is 45.7 Å². The molecule has 0 radical (unpaired) electrons. The Balaban J connectivity index is 1.95. The van der Waals surface area contributed by atoms with E-state index in [1.54, 1.807) is 0 Å². The summed E-state index contributed by atoms with van der Waals surface area (Å²) in [5, 5.41) is 3.33. The zero-order valence-corrected chi connectivity index (χ0v) is 11.7. The second-order valence-corrected chi connectivity index (χ2v) is 5.78. The number of amides is 1. The summed E-state index contributed by atoms with van der Waals surface area (Å²) >= 11 is 0. The number of nitrogens with zero attached hydrogens (tertiary/aromatic N) is 1. The predicted octanol–water partition coefficient (Wildman–Crippen LogP) is 1.40. The molecule has 0 aromatic heterocycles. The third-order valence-corrected chi connectivity index (χ3v) is 4.29. The van der Waals surface area contributed by atoms with E-state index in [-0.39, 0.29) is 11.5 Å². The van der Waals surface area contributed by atoms with Crippen molar-refractivity contribution in [1.29, 1.82) is 0 Å². The van der Waals surface area contributed by atoms with Crippen LogP contribution in [0.1, 0.15) is 39.5 Å². The predicted molar refractivity (Wildman–Crippen MR) is 71.4 cm³/mol. The number of piperidine rings is 2. The highest BCUT2D eigenvalue weighted by molar-refractivity contribution is 5.82. The Morgan fingerprint density at radius 1 is 1.44 bits per heavy atom. The minimum atomic E-state index is -0.153. The highest BCUT2D eigenvalue weighted by atomic mass is 16.5. The number of hydrogen-bond donors (Lipinski definition) is 1.